The highest BCUT2D eigenvalue weighted by Crippen LogP contribution is 2.45. The van der Waals surface area contributed by atoms with Crippen molar-refractivity contribution in [1.29, 1.82) is 0 Å². The van der Waals surface area contributed by atoms with Gasteiger partial charge in [-0.25, -0.2) is 0 Å². The summed E-state index contributed by atoms with van der Waals surface area (Å²) in [5.74, 6) is -0.729. The lowest BCUT2D eigenvalue weighted by atomic mass is 10.4. The van der Waals surface area contributed by atoms with Crippen LogP contribution in [0, 0.1) is 0 Å². The van der Waals surface area contributed by atoms with E-state index >= 15 is 0 Å². The number of hydrogen-bond acceptors (Lipinski definition) is 2. The Kier molecular flexibility index (Phi) is 4.37. The number of ether oxygens (including phenoxy) is 2. The summed E-state index contributed by atoms with van der Waals surface area (Å²) in [6.45, 7) is 1.80. The third kappa shape index (κ3) is 2.44. The van der Waals surface area contributed by atoms with Crippen LogP contribution >= 0.6 is 47.8 Å². The molecule has 0 N–H and O–H groups in total. The minimum atomic E-state index is -0.729. The molecule has 0 radical (unpaired) electrons. The van der Waals surface area contributed by atoms with E-state index in [0.29, 0.717) is 0 Å². The molecule has 0 bridgehead atoms. The van der Waals surface area contributed by atoms with Crippen LogP contribution < -0.4 is 0 Å². The van der Waals surface area contributed by atoms with Crippen molar-refractivity contribution in [3.8, 4) is 0 Å². The fourth-order valence-electron chi connectivity index (χ4n) is 0.315. The van der Waals surface area contributed by atoms with Crippen molar-refractivity contribution in [3.63, 3.8) is 0 Å². The van der Waals surface area contributed by atoms with Crippen LogP contribution in [0.1, 0.15) is 6.92 Å². The van der Waals surface area contributed by atoms with Gasteiger partial charge in [-0.05, 0) is 6.92 Å². The minimum absolute atomic E-state index is 0.552. The zero-order valence-electron chi connectivity index (χ0n) is 5.95. The normalized spacial score (nSPS) is 13.8. The van der Waals surface area contributed by atoms with Gasteiger partial charge in [0.25, 0.3) is 0 Å². The smallest absolute Gasteiger partial charge is 0.200 e. The largest absolute Gasteiger partial charge is 0.351 e. The van der Waals surface area contributed by atoms with Gasteiger partial charge in [-0.15, -0.1) is 0 Å². The fourth-order valence-corrected chi connectivity index (χ4v) is 1.29. The second-order valence-electron chi connectivity index (χ2n) is 1.85. The van der Waals surface area contributed by atoms with Crippen molar-refractivity contribution >= 4 is 47.8 Å². The Balaban J connectivity index is 4.33. The second-order valence-corrected chi connectivity index (χ2v) is 8.61. The SMILES string of the molecule is COC(C)(OC)C(Br)(Br)Br. The highest BCUT2D eigenvalue weighted by atomic mass is 80.0. The van der Waals surface area contributed by atoms with E-state index in [9.17, 15) is 0 Å². The Hall–Kier alpha value is 1.36. The molecule has 0 aliphatic heterocycles. The first kappa shape index (κ1) is 11.4. The van der Waals surface area contributed by atoms with Crippen molar-refractivity contribution in [1.82, 2.24) is 0 Å². The van der Waals surface area contributed by atoms with Gasteiger partial charge in [-0.2, -0.15) is 0 Å². The number of hydrogen-bond donors (Lipinski definition) is 0. The Morgan fingerprint density at radius 3 is 1.30 bits per heavy atom. The van der Waals surface area contributed by atoms with Gasteiger partial charge >= 0.3 is 0 Å². The molecule has 0 saturated heterocycles. The Bertz CT molecular complexity index is 106. The second kappa shape index (κ2) is 3.85. The topological polar surface area (TPSA) is 18.5 Å². The van der Waals surface area contributed by atoms with E-state index in [1.807, 2.05) is 0 Å². The molecule has 0 heterocycles. The summed E-state index contributed by atoms with van der Waals surface area (Å²) in [7, 11) is 3.14. The summed E-state index contributed by atoms with van der Waals surface area (Å²) >= 11 is 9.91. The monoisotopic (exact) mass is 338 g/mol. The van der Waals surface area contributed by atoms with E-state index in [4.69, 9.17) is 9.47 Å². The van der Waals surface area contributed by atoms with Crippen LogP contribution in [0.5, 0.6) is 0 Å². The van der Waals surface area contributed by atoms with Crippen LogP contribution in [0.4, 0.5) is 0 Å². The molecule has 0 amide bonds. The Morgan fingerprint density at radius 2 is 1.30 bits per heavy atom. The van der Waals surface area contributed by atoms with Crippen molar-refractivity contribution in [2.45, 2.75) is 14.9 Å². The van der Waals surface area contributed by atoms with Gasteiger partial charge in [-0.1, -0.05) is 47.8 Å². The van der Waals surface area contributed by atoms with Crippen LogP contribution in [0.25, 0.3) is 0 Å². The first-order valence-corrected chi connectivity index (χ1v) is 4.92. The van der Waals surface area contributed by atoms with Crippen molar-refractivity contribution < 1.29 is 9.47 Å². The molecule has 0 fully saturated rings. The Morgan fingerprint density at radius 1 is 1.00 bits per heavy atom. The van der Waals surface area contributed by atoms with Crippen LogP contribution in [0.15, 0.2) is 0 Å². The fraction of sp³-hybridized carbons (Fsp3) is 1.00. The maximum absolute atomic E-state index is 5.09. The van der Waals surface area contributed by atoms with Gasteiger partial charge in [0, 0.05) is 14.2 Å². The minimum Gasteiger partial charge on any atom is -0.351 e. The van der Waals surface area contributed by atoms with Gasteiger partial charge in [0.05, 0.1) is 0 Å². The Labute approximate surface area is 86.0 Å². The molecule has 2 nitrogen and oxygen atoms in total. The summed E-state index contributed by atoms with van der Waals surface area (Å²) in [5, 5.41) is 0. The van der Waals surface area contributed by atoms with Crippen molar-refractivity contribution in [3.05, 3.63) is 0 Å². The molecule has 62 valence electrons. The summed E-state index contributed by atoms with van der Waals surface area (Å²) in [6.07, 6.45) is 0. The maximum Gasteiger partial charge on any atom is 0.200 e. The summed E-state index contributed by atoms with van der Waals surface area (Å²) < 4.78 is 9.62. The van der Waals surface area contributed by atoms with Crippen LogP contribution in [0.2, 0.25) is 0 Å². The molecule has 0 aromatic heterocycles. The molecule has 0 aromatic rings. The molecule has 0 saturated carbocycles. The molecule has 5 heteroatoms. The lowest BCUT2D eigenvalue weighted by Gasteiger charge is -2.33. The quantitative estimate of drug-likeness (QED) is 0.568. The number of alkyl halides is 3. The van der Waals surface area contributed by atoms with Gasteiger partial charge in [-0.3, -0.25) is 0 Å². The lowest BCUT2D eigenvalue weighted by molar-refractivity contribution is -0.182. The van der Waals surface area contributed by atoms with Crippen LogP contribution in [-0.2, 0) is 9.47 Å². The molecule has 0 spiro atoms. The van der Waals surface area contributed by atoms with E-state index in [1.165, 1.54) is 0 Å². The molecule has 0 unspecified atom stereocenters. The summed E-state index contributed by atoms with van der Waals surface area (Å²) in [6, 6.07) is 0. The van der Waals surface area contributed by atoms with Crippen molar-refractivity contribution in [2.75, 3.05) is 14.2 Å². The molecule has 10 heavy (non-hydrogen) atoms. The number of halogens is 3. The molecule has 0 aromatic carbocycles. The average molecular weight is 341 g/mol. The zero-order valence-corrected chi connectivity index (χ0v) is 10.7. The summed E-state index contributed by atoms with van der Waals surface area (Å²) in [5.41, 5.74) is 0. The van der Waals surface area contributed by atoms with Gasteiger partial charge < -0.3 is 9.47 Å². The zero-order chi connectivity index (χ0) is 8.41. The predicted molar refractivity (Wildman–Crippen MR) is 51.9 cm³/mol. The molecule has 0 atom stereocenters. The molecule has 0 aliphatic rings. The number of rotatable bonds is 2. The first-order valence-electron chi connectivity index (χ1n) is 2.54. The predicted octanol–water partition coefficient (Wildman–Crippen LogP) is 2.83. The average Bonchev–Trinajstić information content (AvgIpc) is 1.84. The first-order chi connectivity index (χ1) is 4.37. The van der Waals surface area contributed by atoms with Crippen LogP contribution in [-0.4, -0.2) is 22.1 Å². The standard InChI is InChI=1S/C5H9Br3O2/c1-4(9-2,10-3)5(6,7)8/h1-3H3. The van der Waals surface area contributed by atoms with E-state index < -0.39 is 7.93 Å². The van der Waals surface area contributed by atoms with E-state index in [0.717, 1.165) is 0 Å². The van der Waals surface area contributed by atoms with Gasteiger partial charge in [0.2, 0.25) is 0 Å². The lowest BCUT2D eigenvalue weighted by Crippen LogP contribution is -2.42. The highest BCUT2D eigenvalue weighted by molar-refractivity contribution is 9.39. The molecular weight excluding hydrogens is 332 g/mol. The van der Waals surface area contributed by atoms with E-state index in [-0.39, 0.29) is 0 Å². The molecular formula is C5H9Br3O2. The maximum atomic E-state index is 5.09. The van der Waals surface area contributed by atoms with Crippen LogP contribution in [0.3, 0.4) is 0 Å². The third-order valence-corrected chi connectivity index (χ3v) is 3.45. The van der Waals surface area contributed by atoms with E-state index in [2.05, 4.69) is 47.8 Å². The third-order valence-electron chi connectivity index (χ3n) is 1.29. The summed E-state index contributed by atoms with van der Waals surface area (Å²) in [4.78, 5) is 0. The van der Waals surface area contributed by atoms with Gasteiger partial charge in [0.15, 0.2) is 7.93 Å². The van der Waals surface area contributed by atoms with Gasteiger partial charge in [0.1, 0.15) is 0 Å². The number of methoxy groups -OCH3 is 2. The molecule has 0 rings (SSSR count). The highest BCUT2D eigenvalue weighted by Gasteiger charge is 2.43. The van der Waals surface area contributed by atoms with E-state index in [1.54, 1.807) is 21.1 Å². The van der Waals surface area contributed by atoms with Crippen molar-refractivity contribution in [2.24, 2.45) is 0 Å². The molecule has 0 aliphatic carbocycles.